The van der Waals surface area contributed by atoms with Gasteiger partial charge in [-0.2, -0.15) is 0 Å². The van der Waals surface area contributed by atoms with Crippen LogP contribution in [0.15, 0.2) is 18.2 Å². The van der Waals surface area contributed by atoms with Crippen molar-refractivity contribution in [3.8, 4) is 11.5 Å². The maximum absolute atomic E-state index is 13.3. The van der Waals surface area contributed by atoms with Crippen LogP contribution in [0, 0.1) is 16.7 Å². The minimum Gasteiger partial charge on any atom is -0.454 e. The Kier molecular flexibility index (Phi) is 3.92. The number of morpholine rings is 1. The molecule has 3 heterocycles. The number of ether oxygens (including phenoxy) is 3. The van der Waals surface area contributed by atoms with Crippen molar-refractivity contribution in [2.24, 2.45) is 16.7 Å². The van der Waals surface area contributed by atoms with Crippen molar-refractivity contribution in [3.05, 3.63) is 23.8 Å². The summed E-state index contributed by atoms with van der Waals surface area (Å²) in [7, 11) is 0. The first-order valence-corrected chi connectivity index (χ1v) is 9.97. The van der Waals surface area contributed by atoms with Gasteiger partial charge >= 0.3 is 0 Å². The highest BCUT2D eigenvalue weighted by Crippen LogP contribution is 2.63. The fraction of sp³-hybridized carbons (Fsp3) is 0.667. The lowest BCUT2D eigenvalue weighted by Crippen LogP contribution is -2.59. The second-order valence-electron chi connectivity index (χ2n) is 9.19. The highest BCUT2D eigenvalue weighted by molar-refractivity contribution is 5.98. The molecule has 2 saturated heterocycles. The molecule has 0 aromatic heterocycles. The molecule has 27 heavy (non-hydrogen) atoms. The summed E-state index contributed by atoms with van der Waals surface area (Å²) in [5, 5.41) is 0. The van der Waals surface area contributed by atoms with E-state index >= 15 is 0 Å². The lowest BCUT2D eigenvalue weighted by molar-refractivity contribution is -0.0966. The number of hydrogen-bond donors (Lipinski definition) is 0. The summed E-state index contributed by atoms with van der Waals surface area (Å²) >= 11 is 0. The first-order chi connectivity index (χ1) is 13.0. The quantitative estimate of drug-likeness (QED) is 0.815. The first-order valence-electron chi connectivity index (χ1n) is 9.97. The molecule has 1 aromatic carbocycles. The Labute approximate surface area is 160 Å². The van der Waals surface area contributed by atoms with Gasteiger partial charge in [-0.15, -0.1) is 0 Å². The summed E-state index contributed by atoms with van der Waals surface area (Å²) in [6.07, 6.45) is 1.18. The number of hydrogen-bond acceptors (Lipinski definition) is 5. The lowest BCUT2D eigenvalue weighted by atomic mass is 9.48. The van der Waals surface area contributed by atoms with Crippen LogP contribution < -0.4 is 9.47 Å². The first kappa shape index (κ1) is 17.3. The fourth-order valence-corrected chi connectivity index (χ4v) is 5.97. The summed E-state index contributed by atoms with van der Waals surface area (Å²) in [6, 6.07) is 5.59. The molecule has 2 atom stereocenters. The van der Waals surface area contributed by atoms with Gasteiger partial charge in [-0.1, -0.05) is 19.9 Å². The Morgan fingerprint density at radius 3 is 2.81 bits per heavy atom. The van der Waals surface area contributed by atoms with E-state index in [1.54, 1.807) is 0 Å². The third kappa shape index (κ3) is 2.72. The molecule has 6 heteroatoms. The standard InChI is InChI=1S/C21H28N2O4/c1-20(2)11-21(12-22-6-8-25-9-7-22)13-23(10-17(20)21)19(24)15-4-3-5-16-18(15)27-14-26-16/h3-5,17H,6-14H2,1-2H3/t17-,21+/m1/s1. The van der Waals surface area contributed by atoms with Crippen LogP contribution in [0.3, 0.4) is 0 Å². The molecule has 0 spiro atoms. The summed E-state index contributed by atoms with van der Waals surface area (Å²) in [5.74, 6) is 1.89. The molecule has 146 valence electrons. The third-order valence-corrected chi connectivity index (χ3v) is 6.96. The van der Waals surface area contributed by atoms with Crippen molar-refractivity contribution < 1.29 is 19.0 Å². The van der Waals surface area contributed by atoms with Crippen LogP contribution in [0.5, 0.6) is 11.5 Å². The Bertz CT molecular complexity index is 759. The minimum atomic E-state index is 0.0731. The molecule has 6 nitrogen and oxygen atoms in total. The number of nitrogens with zero attached hydrogens (tertiary/aromatic N) is 2. The second-order valence-corrected chi connectivity index (χ2v) is 9.19. The van der Waals surface area contributed by atoms with Crippen molar-refractivity contribution >= 4 is 5.91 Å². The van der Waals surface area contributed by atoms with Crippen LogP contribution >= 0.6 is 0 Å². The van der Waals surface area contributed by atoms with Gasteiger partial charge in [-0.05, 0) is 29.9 Å². The van der Waals surface area contributed by atoms with Gasteiger partial charge in [-0.25, -0.2) is 0 Å². The molecule has 0 bridgehead atoms. The van der Waals surface area contributed by atoms with Gasteiger partial charge in [0.15, 0.2) is 11.5 Å². The van der Waals surface area contributed by atoms with Crippen LogP contribution in [-0.2, 0) is 4.74 Å². The number of carbonyl (C=O) groups is 1. The highest BCUT2D eigenvalue weighted by atomic mass is 16.7. The van der Waals surface area contributed by atoms with Crippen LogP contribution in [0.1, 0.15) is 30.6 Å². The Morgan fingerprint density at radius 2 is 2.04 bits per heavy atom. The zero-order valence-electron chi connectivity index (χ0n) is 16.2. The molecular formula is C21H28N2O4. The van der Waals surface area contributed by atoms with Crippen LogP contribution in [0.25, 0.3) is 0 Å². The van der Waals surface area contributed by atoms with Gasteiger partial charge < -0.3 is 19.1 Å². The zero-order chi connectivity index (χ0) is 18.6. The number of benzene rings is 1. The molecule has 0 radical (unpaired) electrons. The molecule has 3 aliphatic heterocycles. The SMILES string of the molecule is CC1(C)C[C@]2(CN3CCOCC3)CN(C(=O)c3cccc4c3OCO4)C[C@H]12. The molecule has 3 fully saturated rings. The molecular weight excluding hydrogens is 344 g/mol. The topological polar surface area (TPSA) is 51.2 Å². The molecule has 4 aliphatic rings. The van der Waals surface area contributed by atoms with E-state index in [4.69, 9.17) is 14.2 Å². The van der Waals surface area contributed by atoms with Crippen molar-refractivity contribution in [1.82, 2.24) is 9.80 Å². The minimum absolute atomic E-state index is 0.0731. The number of likely N-dealkylation sites (tertiary alicyclic amines) is 1. The van der Waals surface area contributed by atoms with E-state index in [9.17, 15) is 4.79 Å². The Balaban J connectivity index is 1.38. The van der Waals surface area contributed by atoms with Gasteiger partial charge in [0, 0.05) is 38.1 Å². The second kappa shape index (κ2) is 6.11. The van der Waals surface area contributed by atoms with Crippen LogP contribution in [0.2, 0.25) is 0 Å². The van der Waals surface area contributed by atoms with E-state index in [1.165, 1.54) is 6.42 Å². The summed E-state index contributed by atoms with van der Waals surface area (Å²) in [4.78, 5) is 17.9. The third-order valence-electron chi connectivity index (χ3n) is 6.96. The van der Waals surface area contributed by atoms with E-state index in [1.807, 2.05) is 18.2 Å². The molecule has 5 rings (SSSR count). The van der Waals surface area contributed by atoms with Gasteiger partial charge in [0.1, 0.15) is 0 Å². The van der Waals surface area contributed by atoms with Gasteiger partial charge in [0.25, 0.3) is 5.91 Å². The predicted molar refractivity (Wildman–Crippen MR) is 100 cm³/mol. The van der Waals surface area contributed by atoms with Crippen LogP contribution in [-0.4, -0.2) is 68.4 Å². The van der Waals surface area contributed by atoms with Crippen molar-refractivity contribution in [3.63, 3.8) is 0 Å². The predicted octanol–water partition coefficient (Wildman–Crippen LogP) is 2.24. The van der Waals surface area contributed by atoms with Crippen LogP contribution in [0.4, 0.5) is 0 Å². The van der Waals surface area contributed by atoms with E-state index < -0.39 is 0 Å². The Hall–Kier alpha value is -1.79. The van der Waals surface area contributed by atoms with Crippen molar-refractivity contribution in [1.29, 1.82) is 0 Å². The normalized spacial score (nSPS) is 31.5. The van der Waals surface area contributed by atoms with E-state index in [0.29, 0.717) is 28.4 Å². The van der Waals surface area contributed by atoms with Crippen molar-refractivity contribution in [2.45, 2.75) is 20.3 Å². The molecule has 1 aromatic rings. The number of carbonyl (C=O) groups excluding carboxylic acids is 1. The average Bonchev–Trinajstić information content (AvgIpc) is 3.24. The number of rotatable bonds is 3. The fourth-order valence-electron chi connectivity index (χ4n) is 5.97. The largest absolute Gasteiger partial charge is 0.454 e. The highest BCUT2D eigenvalue weighted by Gasteiger charge is 2.63. The summed E-state index contributed by atoms with van der Waals surface area (Å²) in [6.45, 7) is 11.3. The maximum Gasteiger partial charge on any atom is 0.257 e. The molecule has 0 unspecified atom stereocenters. The van der Waals surface area contributed by atoms with Gasteiger partial charge in [0.05, 0.1) is 18.8 Å². The summed E-state index contributed by atoms with van der Waals surface area (Å²) < 4.78 is 16.5. The molecule has 1 aliphatic carbocycles. The number of amides is 1. The number of para-hydroxylation sites is 1. The Morgan fingerprint density at radius 1 is 1.22 bits per heavy atom. The molecule has 1 amide bonds. The zero-order valence-corrected chi connectivity index (χ0v) is 16.2. The molecule has 1 saturated carbocycles. The van der Waals surface area contributed by atoms with E-state index in [2.05, 4.69) is 23.6 Å². The number of fused-ring (bicyclic) bond motifs is 2. The maximum atomic E-state index is 13.3. The lowest BCUT2D eigenvalue weighted by Gasteiger charge is -2.58. The smallest absolute Gasteiger partial charge is 0.257 e. The average molecular weight is 372 g/mol. The van der Waals surface area contributed by atoms with Gasteiger partial charge in [-0.3, -0.25) is 9.69 Å². The summed E-state index contributed by atoms with van der Waals surface area (Å²) in [5.41, 5.74) is 1.14. The van der Waals surface area contributed by atoms with Gasteiger partial charge in [0.2, 0.25) is 6.79 Å². The van der Waals surface area contributed by atoms with E-state index in [-0.39, 0.29) is 18.1 Å². The molecule has 0 N–H and O–H groups in total. The van der Waals surface area contributed by atoms with E-state index in [0.717, 1.165) is 45.9 Å². The monoisotopic (exact) mass is 372 g/mol. The van der Waals surface area contributed by atoms with Crippen molar-refractivity contribution in [2.75, 3.05) is 52.7 Å².